The highest BCUT2D eigenvalue weighted by Gasteiger charge is 2.48. The molecule has 1 fully saturated rings. The molecular weight excluding hydrogens is 184 g/mol. The first-order valence-corrected chi connectivity index (χ1v) is 3.42. The number of aliphatic hydroxyl groups excluding tert-OH is 3. The first kappa shape index (κ1) is 9.90. The van der Waals surface area contributed by atoms with E-state index < -0.39 is 36.4 Å². The molecule has 4 atom stereocenters. The largest absolute Gasteiger partial charge is 0.479 e. The number of carbonyl (C=O) groups excluding carboxylic acids is 1. The van der Waals surface area contributed by atoms with Crippen LogP contribution in [0.15, 0.2) is 0 Å². The van der Waals surface area contributed by atoms with Crippen LogP contribution < -0.4 is 0 Å². The summed E-state index contributed by atoms with van der Waals surface area (Å²) in [6, 6.07) is 0. The fraction of sp³-hybridized carbons (Fsp3) is 0.667. The van der Waals surface area contributed by atoms with Gasteiger partial charge in [0.25, 0.3) is 0 Å². The third-order valence-corrected chi connectivity index (χ3v) is 1.72. The highest BCUT2D eigenvalue weighted by atomic mass is 16.6. The summed E-state index contributed by atoms with van der Waals surface area (Å²) in [6.45, 7) is 0. The number of aliphatic carboxylic acids is 1. The van der Waals surface area contributed by atoms with E-state index in [1.54, 1.807) is 0 Å². The summed E-state index contributed by atoms with van der Waals surface area (Å²) in [5.41, 5.74) is 0. The number of esters is 1. The highest BCUT2D eigenvalue weighted by Crippen LogP contribution is 2.18. The monoisotopic (exact) mass is 192 g/mol. The predicted octanol–water partition coefficient (Wildman–Crippen LogP) is -2.92. The van der Waals surface area contributed by atoms with Crippen LogP contribution >= 0.6 is 0 Å². The molecule has 1 aliphatic rings. The second-order valence-electron chi connectivity index (χ2n) is 2.62. The average Bonchev–Trinajstić information content (AvgIpc) is 2.31. The van der Waals surface area contributed by atoms with Gasteiger partial charge in [-0.05, 0) is 0 Å². The Morgan fingerprint density at radius 3 is 2.31 bits per heavy atom. The first-order valence-electron chi connectivity index (χ1n) is 3.42. The molecule has 0 saturated carbocycles. The standard InChI is InChI=1S/C6H8O7/c7-1-2(8)6(12)13-4(1)3(9)5(10)11/h1-4,7-9H,(H,10,11)/t1-,2+,3?,4?/m0/s1. The van der Waals surface area contributed by atoms with Crippen LogP contribution in [0.3, 0.4) is 0 Å². The van der Waals surface area contributed by atoms with Crippen molar-refractivity contribution in [1.29, 1.82) is 0 Å². The van der Waals surface area contributed by atoms with Crippen molar-refractivity contribution in [2.24, 2.45) is 0 Å². The van der Waals surface area contributed by atoms with Gasteiger partial charge in [-0.2, -0.15) is 0 Å². The lowest BCUT2D eigenvalue weighted by Crippen LogP contribution is -2.42. The quantitative estimate of drug-likeness (QED) is 0.345. The van der Waals surface area contributed by atoms with Crippen molar-refractivity contribution >= 4 is 11.9 Å². The fourth-order valence-corrected chi connectivity index (χ4v) is 0.984. The van der Waals surface area contributed by atoms with Crippen LogP contribution in [0.25, 0.3) is 0 Å². The first-order chi connectivity index (χ1) is 5.95. The van der Waals surface area contributed by atoms with E-state index in [1.807, 2.05) is 0 Å². The summed E-state index contributed by atoms with van der Waals surface area (Å²) < 4.78 is 4.24. The molecule has 0 amide bonds. The normalized spacial score (nSPS) is 35.6. The Morgan fingerprint density at radius 1 is 1.46 bits per heavy atom. The summed E-state index contributed by atoms with van der Waals surface area (Å²) in [5.74, 6) is -2.77. The summed E-state index contributed by atoms with van der Waals surface area (Å²) in [4.78, 5) is 20.8. The number of ether oxygens (including phenoxy) is 1. The van der Waals surface area contributed by atoms with E-state index >= 15 is 0 Å². The Labute approximate surface area is 72.2 Å². The van der Waals surface area contributed by atoms with Crippen LogP contribution in [0, 0.1) is 0 Å². The number of carbonyl (C=O) groups is 2. The van der Waals surface area contributed by atoms with E-state index in [4.69, 9.17) is 20.4 Å². The smallest absolute Gasteiger partial charge is 0.338 e. The van der Waals surface area contributed by atoms with Gasteiger partial charge in [-0.3, -0.25) is 0 Å². The minimum atomic E-state index is -2.03. The van der Waals surface area contributed by atoms with E-state index in [9.17, 15) is 9.59 Å². The number of cyclic esters (lactones) is 1. The molecule has 1 rings (SSSR count). The van der Waals surface area contributed by atoms with Crippen molar-refractivity contribution < 1.29 is 34.8 Å². The van der Waals surface area contributed by atoms with E-state index in [0.717, 1.165) is 0 Å². The molecule has 13 heavy (non-hydrogen) atoms. The average molecular weight is 192 g/mol. The molecule has 1 heterocycles. The van der Waals surface area contributed by atoms with E-state index in [-0.39, 0.29) is 0 Å². The number of carboxylic acid groups (broad SMARTS) is 1. The van der Waals surface area contributed by atoms with Gasteiger partial charge in [0, 0.05) is 0 Å². The molecule has 0 radical (unpaired) electrons. The van der Waals surface area contributed by atoms with Crippen molar-refractivity contribution in [2.75, 3.05) is 0 Å². The third kappa shape index (κ3) is 1.62. The Balaban J connectivity index is 2.73. The molecule has 7 nitrogen and oxygen atoms in total. The Hall–Kier alpha value is -1.18. The second-order valence-corrected chi connectivity index (χ2v) is 2.62. The van der Waals surface area contributed by atoms with Gasteiger partial charge in [-0.25, -0.2) is 9.59 Å². The molecule has 4 N–H and O–H groups in total. The van der Waals surface area contributed by atoms with Gasteiger partial charge in [0.15, 0.2) is 18.3 Å². The maximum Gasteiger partial charge on any atom is 0.338 e. The van der Waals surface area contributed by atoms with Gasteiger partial charge in [0.2, 0.25) is 0 Å². The predicted molar refractivity (Wildman–Crippen MR) is 35.5 cm³/mol. The lowest BCUT2D eigenvalue weighted by atomic mass is 10.1. The molecule has 0 spiro atoms. The molecule has 2 unspecified atom stereocenters. The maximum atomic E-state index is 10.6. The molecule has 0 aromatic heterocycles. The van der Waals surface area contributed by atoms with Crippen LogP contribution in [0.5, 0.6) is 0 Å². The number of hydrogen-bond donors (Lipinski definition) is 4. The zero-order chi connectivity index (χ0) is 10.2. The third-order valence-electron chi connectivity index (χ3n) is 1.72. The van der Waals surface area contributed by atoms with Crippen LogP contribution in [0.1, 0.15) is 0 Å². The van der Waals surface area contributed by atoms with E-state index in [1.165, 1.54) is 0 Å². The summed E-state index contributed by atoms with van der Waals surface area (Å²) in [6.07, 6.45) is -7.14. The van der Waals surface area contributed by atoms with Gasteiger partial charge in [0.1, 0.15) is 6.10 Å². The molecule has 7 heteroatoms. The number of carboxylic acids is 1. The van der Waals surface area contributed by atoms with Gasteiger partial charge < -0.3 is 25.2 Å². The zero-order valence-electron chi connectivity index (χ0n) is 6.32. The zero-order valence-corrected chi connectivity index (χ0v) is 6.32. The Kier molecular flexibility index (Phi) is 2.50. The molecule has 74 valence electrons. The van der Waals surface area contributed by atoms with Gasteiger partial charge in [0.05, 0.1) is 0 Å². The van der Waals surface area contributed by atoms with E-state index in [0.29, 0.717) is 0 Å². The van der Waals surface area contributed by atoms with Crippen molar-refractivity contribution in [3.05, 3.63) is 0 Å². The SMILES string of the molecule is O=C(O)C(O)C1OC(=O)[C@H](O)[C@@H]1O. The summed E-state index contributed by atoms with van der Waals surface area (Å²) >= 11 is 0. The number of rotatable bonds is 2. The second kappa shape index (κ2) is 3.29. The molecule has 0 aromatic carbocycles. The summed E-state index contributed by atoms with van der Waals surface area (Å²) in [5, 5.41) is 35.0. The van der Waals surface area contributed by atoms with Crippen LogP contribution in [-0.4, -0.2) is 56.8 Å². The molecule has 0 aromatic rings. The summed E-state index contributed by atoms with van der Waals surface area (Å²) in [7, 11) is 0. The Bertz CT molecular complexity index is 237. The molecule has 0 aliphatic carbocycles. The van der Waals surface area contributed by atoms with Crippen LogP contribution in [0.4, 0.5) is 0 Å². The lowest BCUT2D eigenvalue weighted by Gasteiger charge is -2.15. The lowest BCUT2D eigenvalue weighted by molar-refractivity contribution is -0.161. The Morgan fingerprint density at radius 2 is 2.00 bits per heavy atom. The fourth-order valence-electron chi connectivity index (χ4n) is 0.984. The maximum absolute atomic E-state index is 10.6. The van der Waals surface area contributed by atoms with Crippen LogP contribution in [0.2, 0.25) is 0 Å². The highest BCUT2D eigenvalue weighted by molar-refractivity contribution is 5.80. The van der Waals surface area contributed by atoms with Crippen LogP contribution in [-0.2, 0) is 14.3 Å². The molecule has 0 bridgehead atoms. The van der Waals surface area contributed by atoms with Gasteiger partial charge in [-0.15, -0.1) is 0 Å². The van der Waals surface area contributed by atoms with Crippen molar-refractivity contribution in [3.63, 3.8) is 0 Å². The topological polar surface area (TPSA) is 124 Å². The number of hydrogen-bond acceptors (Lipinski definition) is 6. The van der Waals surface area contributed by atoms with Gasteiger partial charge >= 0.3 is 11.9 Å². The van der Waals surface area contributed by atoms with E-state index in [2.05, 4.69) is 4.74 Å². The molecule has 1 aliphatic heterocycles. The van der Waals surface area contributed by atoms with Crippen molar-refractivity contribution in [3.8, 4) is 0 Å². The number of aliphatic hydroxyl groups is 3. The molecular formula is C6H8O7. The molecule has 1 saturated heterocycles. The minimum Gasteiger partial charge on any atom is -0.479 e. The van der Waals surface area contributed by atoms with Crippen molar-refractivity contribution in [2.45, 2.75) is 24.4 Å². The van der Waals surface area contributed by atoms with Gasteiger partial charge in [-0.1, -0.05) is 0 Å². The van der Waals surface area contributed by atoms with Crippen molar-refractivity contribution in [1.82, 2.24) is 0 Å². The minimum absolute atomic E-state index is 1.14.